The second kappa shape index (κ2) is 5.52. The van der Waals surface area contributed by atoms with Gasteiger partial charge < -0.3 is 11.1 Å². The molecule has 0 saturated heterocycles. The molecule has 7 heteroatoms. The van der Waals surface area contributed by atoms with Crippen LogP contribution in [-0.4, -0.2) is 28.1 Å². The van der Waals surface area contributed by atoms with Crippen LogP contribution in [0.3, 0.4) is 0 Å². The van der Waals surface area contributed by atoms with E-state index in [-0.39, 0.29) is 18.1 Å². The molecule has 0 aliphatic carbocycles. The highest BCUT2D eigenvalue weighted by atomic mass is 19.1. The molecule has 0 bridgehead atoms. The molecule has 0 radical (unpaired) electrons. The Morgan fingerprint density at radius 1 is 1.35 bits per heavy atom. The average Bonchev–Trinajstić information content (AvgIpc) is 2.79. The predicted octanol–water partition coefficient (Wildman–Crippen LogP) is 0.441. The van der Waals surface area contributed by atoms with Gasteiger partial charge in [-0.3, -0.25) is 14.3 Å². The summed E-state index contributed by atoms with van der Waals surface area (Å²) in [5, 5.41) is 6.55. The molecule has 2 aromatic rings. The van der Waals surface area contributed by atoms with Crippen molar-refractivity contribution in [3.8, 4) is 11.3 Å². The van der Waals surface area contributed by atoms with Crippen LogP contribution < -0.4 is 11.1 Å². The molecule has 2 rings (SSSR count). The molecule has 1 aromatic carbocycles. The Labute approximate surface area is 114 Å². The molecule has 1 heterocycles. The first-order chi connectivity index (χ1) is 9.47. The number of nitrogens with two attached hydrogens (primary N) is 1. The van der Waals surface area contributed by atoms with Crippen molar-refractivity contribution in [1.29, 1.82) is 0 Å². The summed E-state index contributed by atoms with van der Waals surface area (Å²) >= 11 is 0. The van der Waals surface area contributed by atoms with E-state index in [0.717, 1.165) is 0 Å². The van der Waals surface area contributed by atoms with Crippen LogP contribution in [0.2, 0.25) is 0 Å². The van der Waals surface area contributed by atoms with Gasteiger partial charge in [-0.25, -0.2) is 4.39 Å². The molecule has 3 N–H and O–H groups in total. The van der Waals surface area contributed by atoms with Crippen molar-refractivity contribution in [3.05, 3.63) is 41.8 Å². The fourth-order valence-corrected chi connectivity index (χ4v) is 1.70. The van der Waals surface area contributed by atoms with Crippen molar-refractivity contribution in [1.82, 2.24) is 15.1 Å². The number of halogens is 1. The number of carbonyl (C=O) groups excluding carboxylic acids is 2. The van der Waals surface area contributed by atoms with Crippen LogP contribution in [0.5, 0.6) is 0 Å². The van der Waals surface area contributed by atoms with Gasteiger partial charge in [-0.05, 0) is 30.3 Å². The summed E-state index contributed by atoms with van der Waals surface area (Å²) in [5.41, 5.74) is 6.47. The zero-order valence-electron chi connectivity index (χ0n) is 10.8. The Morgan fingerprint density at radius 2 is 2.00 bits per heavy atom. The van der Waals surface area contributed by atoms with E-state index in [0.29, 0.717) is 11.3 Å². The van der Waals surface area contributed by atoms with Gasteiger partial charge in [0.25, 0.3) is 5.91 Å². The van der Waals surface area contributed by atoms with E-state index in [4.69, 9.17) is 5.73 Å². The molecule has 0 unspecified atom stereocenters. The molecular weight excluding hydrogens is 263 g/mol. The van der Waals surface area contributed by atoms with Gasteiger partial charge in [-0.1, -0.05) is 0 Å². The summed E-state index contributed by atoms with van der Waals surface area (Å²) in [6.45, 7) is -0.240. The predicted molar refractivity (Wildman–Crippen MR) is 70.1 cm³/mol. The van der Waals surface area contributed by atoms with Crippen LogP contribution in [0.25, 0.3) is 11.3 Å². The topological polar surface area (TPSA) is 90.0 Å². The summed E-state index contributed by atoms with van der Waals surface area (Å²) in [6.07, 6.45) is 0. The summed E-state index contributed by atoms with van der Waals surface area (Å²) in [7, 11) is 1.60. The van der Waals surface area contributed by atoms with Crippen LogP contribution in [0, 0.1) is 5.82 Å². The number of aryl methyl sites for hydroxylation is 1. The summed E-state index contributed by atoms with van der Waals surface area (Å²) in [4.78, 5) is 22.5. The van der Waals surface area contributed by atoms with Crippen LogP contribution >= 0.6 is 0 Å². The van der Waals surface area contributed by atoms with Gasteiger partial charge in [0.2, 0.25) is 5.91 Å². The SMILES string of the molecule is Cn1nc(-c2ccc(F)cc2)cc1C(=O)NCC(N)=O. The van der Waals surface area contributed by atoms with Crippen molar-refractivity contribution in [2.45, 2.75) is 0 Å². The number of carbonyl (C=O) groups is 2. The van der Waals surface area contributed by atoms with Crippen molar-refractivity contribution >= 4 is 11.8 Å². The molecule has 0 aliphatic rings. The number of hydrogen-bond acceptors (Lipinski definition) is 3. The molecule has 0 atom stereocenters. The van der Waals surface area contributed by atoms with E-state index in [9.17, 15) is 14.0 Å². The highest BCUT2D eigenvalue weighted by Gasteiger charge is 2.14. The third kappa shape index (κ3) is 3.00. The maximum absolute atomic E-state index is 12.9. The first-order valence-electron chi connectivity index (χ1n) is 5.84. The van der Waals surface area contributed by atoms with E-state index < -0.39 is 11.8 Å². The summed E-state index contributed by atoms with van der Waals surface area (Å²) in [5.74, 6) is -1.42. The maximum atomic E-state index is 12.9. The standard InChI is InChI=1S/C13H13FN4O2/c1-18-11(13(20)16-7-12(15)19)6-10(17-18)8-2-4-9(14)5-3-8/h2-6H,7H2,1H3,(H2,15,19)(H,16,20). The quantitative estimate of drug-likeness (QED) is 0.849. The molecule has 104 valence electrons. The number of amides is 2. The van der Waals surface area contributed by atoms with Crippen molar-refractivity contribution in [3.63, 3.8) is 0 Å². The first kappa shape index (κ1) is 13.7. The third-order valence-corrected chi connectivity index (χ3v) is 2.68. The Balaban J connectivity index is 2.23. The smallest absolute Gasteiger partial charge is 0.269 e. The molecule has 1 aromatic heterocycles. The normalized spacial score (nSPS) is 10.3. The van der Waals surface area contributed by atoms with Crippen LogP contribution in [-0.2, 0) is 11.8 Å². The monoisotopic (exact) mass is 276 g/mol. The molecule has 6 nitrogen and oxygen atoms in total. The molecule has 2 amide bonds. The highest BCUT2D eigenvalue weighted by Crippen LogP contribution is 2.19. The van der Waals surface area contributed by atoms with Crippen LogP contribution in [0.15, 0.2) is 30.3 Å². The number of aromatic nitrogens is 2. The van der Waals surface area contributed by atoms with E-state index in [1.807, 2.05) is 0 Å². The van der Waals surface area contributed by atoms with Gasteiger partial charge in [0, 0.05) is 12.6 Å². The molecule has 0 spiro atoms. The van der Waals surface area contributed by atoms with E-state index in [2.05, 4.69) is 10.4 Å². The van der Waals surface area contributed by atoms with Gasteiger partial charge in [0.1, 0.15) is 11.5 Å². The van der Waals surface area contributed by atoms with E-state index in [1.54, 1.807) is 25.2 Å². The van der Waals surface area contributed by atoms with E-state index >= 15 is 0 Å². The minimum atomic E-state index is -0.626. The Bertz CT molecular complexity index is 649. The third-order valence-electron chi connectivity index (χ3n) is 2.68. The van der Waals surface area contributed by atoms with Crippen molar-refractivity contribution in [2.75, 3.05) is 6.54 Å². The fraction of sp³-hybridized carbons (Fsp3) is 0.154. The molecule has 0 aliphatic heterocycles. The lowest BCUT2D eigenvalue weighted by atomic mass is 10.1. The van der Waals surface area contributed by atoms with Crippen molar-refractivity contribution in [2.24, 2.45) is 12.8 Å². The van der Waals surface area contributed by atoms with Gasteiger partial charge in [-0.15, -0.1) is 0 Å². The first-order valence-corrected chi connectivity index (χ1v) is 5.84. The lowest BCUT2D eigenvalue weighted by molar-refractivity contribution is -0.117. The number of nitrogens with zero attached hydrogens (tertiary/aromatic N) is 2. The molecular formula is C13H13FN4O2. The maximum Gasteiger partial charge on any atom is 0.269 e. The zero-order chi connectivity index (χ0) is 14.7. The van der Waals surface area contributed by atoms with E-state index in [1.165, 1.54) is 16.8 Å². The van der Waals surface area contributed by atoms with Crippen LogP contribution in [0.4, 0.5) is 4.39 Å². The summed E-state index contributed by atoms with van der Waals surface area (Å²) < 4.78 is 14.2. The Kier molecular flexibility index (Phi) is 3.79. The minimum Gasteiger partial charge on any atom is -0.368 e. The lowest BCUT2D eigenvalue weighted by Crippen LogP contribution is -2.34. The summed E-state index contributed by atoms with van der Waals surface area (Å²) in [6, 6.07) is 7.34. The van der Waals surface area contributed by atoms with Gasteiger partial charge in [-0.2, -0.15) is 5.10 Å². The molecule has 20 heavy (non-hydrogen) atoms. The van der Waals surface area contributed by atoms with Crippen LogP contribution in [0.1, 0.15) is 10.5 Å². The largest absolute Gasteiger partial charge is 0.368 e. The van der Waals surface area contributed by atoms with Gasteiger partial charge in [0.05, 0.1) is 12.2 Å². The second-order valence-corrected chi connectivity index (χ2v) is 4.19. The van der Waals surface area contributed by atoms with Gasteiger partial charge in [0.15, 0.2) is 0 Å². The fourth-order valence-electron chi connectivity index (χ4n) is 1.70. The number of rotatable bonds is 4. The Hall–Kier alpha value is -2.70. The highest BCUT2D eigenvalue weighted by molar-refractivity contribution is 5.95. The molecule has 0 fully saturated rings. The number of benzene rings is 1. The van der Waals surface area contributed by atoms with Gasteiger partial charge >= 0.3 is 0 Å². The number of hydrogen-bond donors (Lipinski definition) is 2. The lowest BCUT2D eigenvalue weighted by Gasteiger charge is -2.01. The number of nitrogens with one attached hydrogen (secondary N) is 1. The van der Waals surface area contributed by atoms with Crippen molar-refractivity contribution < 1.29 is 14.0 Å². The Morgan fingerprint density at radius 3 is 2.60 bits per heavy atom. The number of primary amides is 1. The minimum absolute atomic E-state index is 0.240. The second-order valence-electron chi connectivity index (χ2n) is 4.19. The molecule has 0 saturated carbocycles. The average molecular weight is 276 g/mol. The zero-order valence-corrected chi connectivity index (χ0v) is 10.8.